The zero-order valence-corrected chi connectivity index (χ0v) is 27.8. The Balaban J connectivity index is 1.25. The molecule has 6 rings (SSSR count). The molecule has 268 valence electrons. The number of carbonyl (C=O) groups excluding carboxylic acids is 2. The number of nitrogens with zero attached hydrogens (tertiary/aromatic N) is 2. The van der Waals surface area contributed by atoms with Crippen molar-refractivity contribution in [1.29, 1.82) is 0 Å². The highest BCUT2D eigenvalue weighted by Gasteiger charge is 2.48. The van der Waals surface area contributed by atoms with Crippen molar-refractivity contribution in [3.63, 3.8) is 0 Å². The average Bonchev–Trinajstić information content (AvgIpc) is 3.12. The molecule has 0 spiro atoms. The minimum atomic E-state index is -5.36. The quantitative estimate of drug-likeness (QED) is 0.0862. The molecule has 2 amide bonds. The molecule has 4 aromatic carbocycles. The van der Waals surface area contributed by atoms with Gasteiger partial charge < -0.3 is 9.64 Å². The average molecular weight is 730 g/mol. The molecule has 4 aromatic rings. The van der Waals surface area contributed by atoms with Crippen LogP contribution in [0.5, 0.6) is 0 Å². The van der Waals surface area contributed by atoms with E-state index < -0.39 is 68.4 Å². The molecule has 51 heavy (non-hydrogen) atoms. The van der Waals surface area contributed by atoms with Gasteiger partial charge in [-0.3, -0.25) is 14.4 Å². The third-order valence-electron chi connectivity index (χ3n) is 8.96. The van der Waals surface area contributed by atoms with Gasteiger partial charge in [-0.2, -0.15) is 4.31 Å². The summed E-state index contributed by atoms with van der Waals surface area (Å²) in [6.45, 7) is 0.924. The first-order chi connectivity index (χ1) is 24.5. The molecule has 2 aliphatic rings. The van der Waals surface area contributed by atoms with Crippen molar-refractivity contribution in [2.45, 2.75) is 49.3 Å². The van der Waals surface area contributed by atoms with Crippen molar-refractivity contribution in [3.05, 3.63) is 130 Å². The van der Waals surface area contributed by atoms with E-state index in [1.165, 1.54) is 29.2 Å². The number of sulfonamides is 1. The zero-order valence-electron chi connectivity index (χ0n) is 27.0. The van der Waals surface area contributed by atoms with E-state index in [1.54, 1.807) is 0 Å². The highest BCUT2D eigenvalue weighted by atomic mass is 32.2. The van der Waals surface area contributed by atoms with Gasteiger partial charge in [0.25, 0.3) is 5.91 Å². The highest BCUT2D eigenvalue weighted by Crippen LogP contribution is 2.35. The van der Waals surface area contributed by atoms with Gasteiger partial charge in [0.1, 0.15) is 6.04 Å². The molecule has 0 aliphatic carbocycles. The molecule has 0 aromatic heterocycles. The number of carbonyl (C=O) groups is 2. The Morgan fingerprint density at radius 2 is 1.39 bits per heavy atom. The van der Waals surface area contributed by atoms with Gasteiger partial charge in [0.15, 0.2) is 28.2 Å². The van der Waals surface area contributed by atoms with Crippen LogP contribution in [0, 0.1) is 29.1 Å². The molecule has 1 atom stereocenters. The van der Waals surface area contributed by atoms with Gasteiger partial charge in [-0.1, -0.05) is 54.6 Å². The van der Waals surface area contributed by atoms with E-state index in [2.05, 4.69) is 5.48 Å². The maximum atomic E-state index is 14.6. The molecule has 2 fully saturated rings. The molecular weight excluding hydrogens is 697 g/mol. The molecular formula is C36H32F5N3O6S. The highest BCUT2D eigenvalue weighted by molar-refractivity contribution is 7.89. The molecule has 2 aliphatic heterocycles. The first-order valence-corrected chi connectivity index (χ1v) is 17.5. The van der Waals surface area contributed by atoms with Crippen LogP contribution in [-0.4, -0.2) is 50.3 Å². The van der Waals surface area contributed by atoms with Crippen molar-refractivity contribution in [2.75, 3.05) is 24.7 Å². The second-order valence-electron chi connectivity index (χ2n) is 12.1. The Hall–Kier alpha value is -4.70. The van der Waals surface area contributed by atoms with Crippen LogP contribution < -0.4 is 10.4 Å². The lowest BCUT2D eigenvalue weighted by Gasteiger charge is -2.41. The first-order valence-electron chi connectivity index (χ1n) is 16.0. The SMILES string of the molecule is O=C(NOCc1ccccc1)c1ccc(N(Cc2ccc(C3CCOCC3)cc2)C(=O)C2CCN2S(=O)(=O)c2c(F)c(F)c(F)c(F)c2F)cc1. The number of hydroxylamine groups is 1. The summed E-state index contributed by atoms with van der Waals surface area (Å²) in [5, 5.41) is 0. The molecule has 9 nitrogen and oxygen atoms in total. The molecule has 0 bridgehead atoms. The summed E-state index contributed by atoms with van der Waals surface area (Å²) in [6, 6.07) is 20.9. The third kappa shape index (κ3) is 7.52. The van der Waals surface area contributed by atoms with Crippen molar-refractivity contribution in [1.82, 2.24) is 9.79 Å². The van der Waals surface area contributed by atoms with E-state index in [1.807, 2.05) is 54.6 Å². The van der Waals surface area contributed by atoms with Crippen LogP contribution in [0.15, 0.2) is 83.8 Å². The van der Waals surface area contributed by atoms with Gasteiger partial charge in [0.2, 0.25) is 21.7 Å². The van der Waals surface area contributed by atoms with Crippen LogP contribution in [0.2, 0.25) is 0 Å². The van der Waals surface area contributed by atoms with Crippen LogP contribution in [0.1, 0.15) is 52.2 Å². The summed E-state index contributed by atoms with van der Waals surface area (Å²) >= 11 is 0. The minimum Gasteiger partial charge on any atom is -0.381 e. The number of halogens is 5. The van der Waals surface area contributed by atoms with Gasteiger partial charge in [-0.25, -0.2) is 35.8 Å². The maximum absolute atomic E-state index is 14.6. The van der Waals surface area contributed by atoms with Crippen LogP contribution in [0.4, 0.5) is 27.6 Å². The van der Waals surface area contributed by atoms with E-state index >= 15 is 0 Å². The number of hydrogen-bond donors (Lipinski definition) is 1. The van der Waals surface area contributed by atoms with E-state index in [0.717, 1.165) is 24.0 Å². The molecule has 2 saturated heterocycles. The van der Waals surface area contributed by atoms with Gasteiger partial charge in [0, 0.05) is 31.0 Å². The lowest BCUT2D eigenvalue weighted by Crippen LogP contribution is -2.59. The smallest absolute Gasteiger partial charge is 0.274 e. The predicted octanol–water partition coefficient (Wildman–Crippen LogP) is 6.13. The van der Waals surface area contributed by atoms with Crippen molar-refractivity contribution >= 4 is 27.5 Å². The molecule has 2 heterocycles. The van der Waals surface area contributed by atoms with Crippen LogP contribution in [0.25, 0.3) is 0 Å². The Bertz CT molecular complexity index is 1980. The standard InChI is InChI=1S/C36H32F5N3O6S/c37-29-30(38)32(40)34(33(41)31(29)39)51(47,48)44-17-14-28(44)36(46)43(20-22-6-8-24(9-7-22)25-15-18-49-19-16-25)27-12-10-26(11-13-27)35(45)42-50-21-23-4-2-1-3-5-23/h1-13,25,28H,14-21H2,(H,42,45). The van der Waals surface area contributed by atoms with Crippen molar-refractivity contribution < 1.29 is 49.5 Å². The van der Waals surface area contributed by atoms with Gasteiger partial charge >= 0.3 is 0 Å². The molecule has 1 unspecified atom stereocenters. The maximum Gasteiger partial charge on any atom is 0.274 e. The summed E-state index contributed by atoms with van der Waals surface area (Å²) in [4.78, 5) is 31.3. The number of nitrogens with one attached hydrogen (secondary N) is 1. The van der Waals surface area contributed by atoms with E-state index in [9.17, 15) is 40.0 Å². The summed E-state index contributed by atoms with van der Waals surface area (Å²) < 4.78 is 103. The summed E-state index contributed by atoms with van der Waals surface area (Å²) in [5.41, 5.74) is 5.35. The third-order valence-corrected chi connectivity index (χ3v) is 10.9. The lowest BCUT2D eigenvalue weighted by atomic mass is 9.91. The summed E-state index contributed by atoms with van der Waals surface area (Å²) in [6.07, 6.45) is 1.62. The Labute approximate surface area is 290 Å². The van der Waals surface area contributed by atoms with E-state index in [-0.39, 0.29) is 30.8 Å². The summed E-state index contributed by atoms with van der Waals surface area (Å²) in [5.74, 6) is -13.5. The monoisotopic (exact) mass is 729 g/mol. The van der Waals surface area contributed by atoms with Crippen LogP contribution >= 0.6 is 0 Å². The van der Waals surface area contributed by atoms with E-state index in [0.29, 0.717) is 29.0 Å². The summed E-state index contributed by atoms with van der Waals surface area (Å²) in [7, 11) is -5.36. The van der Waals surface area contributed by atoms with Crippen LogP contribution in [-0.2, 0) is 37.5 Å². The normalized spacial score (nSPS) is 16.8. The Morgan fingerprint density at radius 3 is 1.98 bits per heavy atom. The second kappa shape index (κ2) is 15.3. The molecule has 0 saturated carbocycles. The van der Waals surface area contributed by atoms with E-state index in [4.69, 9.17) is 9.57 Å². The fourth-order valence-corrected chi connectivity index (χ4v) is 7.77. The Morgan fingerprint density at radius 1 is 0.784 bits per heavy atom. The number of rotatable bonds is 11. The number of amides is 2. The zero-order chi connectivity index (χ0) is 36.3. The number of hydrogen-bond acceptors (Lipinski definition) is 6. The molecule has 15 heteroatoms. The van der Waals surface area contributed by atoms with Gasteiger partial charge in [-0.15, -0.1) is 0 Å². The van der Waals surface area contributed by atoms with Gasteiger partial charge in [0.05, 0.1) is 13.2 Å². The fourth-order valence-electron chi connectivity index (χ4n) is 6.02. The number of ether oxygens (including phenoxy) is 1. The fraction of sp³-hybridized carbons (Fsp3) is 0.278. The second-order valence-corrected chi connectivity index (χ2v) is 14.0. The van der Waals surface area contributed by atoms with Crippen molar-refractivity contribution in [3.8, 4) is 0 Å². The van der Waals surface area contributed by atoms with Crippen molar-refractivity contribution in [2.24, 2.45) is 0 Å². The Kier molecular flexibility index (Phi) is 10.8. The first kappa shape index (κ1) is 36.1. The van der Waals surface area contributed by atoms with Crippen LogP contribution in [0.3, 0.4) is 0 Å². The largest absolute Gasteiger partial charge is 0.381 e. The number of benzene rings is 4. The lowest BCUT2D eigenvalue weighted by molar-refractivity contribution is -0.125. The topological polar surface area (TPSA) is 105 Å². The predicted molar refractivity (Wildman–Crippen MR) is 174 cm³/mol. The molecule has 1 N–H and O–H groups in total. The van der Waals surface area contributed by atoms with Gasteiger partial charge in [-0.05, 0) is 66.1 Å². The minimum absolute atomic E-state index is 0.0778. The molecule has 0 radical (unpaired) electrons. The number of anilines is 1.